The number of nitrogens with one attached hydrogen (secondary N) is 1. The molecule has 0 saturated heterocycles. The maximum atomic E-state index is 5.18. The van der Waals surface area contributed by atoms with Crippen LogP contribution in [0.2, 0.25) is 0 Å². The van der Waals surface area contributed by atoms with Gasteiger partial charge in [0.2, 0.25) is 0 Å². The van der Waals surface area contributed by atoms with E-state index in [4.69, 9.17) is 11.8 Å². The van der Waals surface area contributed by atoms with Crippen LogP contribution in [-0.2, 0) is 6.54 Å². The highest BCUT2D eigenvalue weighted by Gasteiger charge is 1.90. The van der Waals surface area contributed by atoms with Gasteiger partial charge >= 0.3 is 0 Å². The Morgan fingerprint density at radius 3 is 3.25 bits per heavy atom. The molecule has 0 aliphatic carbocycles. The van der Waals surface area contributed by atoms with Crippen LogP contribution in [0.1, 0.15) is 5.01 Å². The first-order chi connectivity index (χ1) is 3.93. The molecule has 0 amide bonds. The zero-order chi connectivity index (χ0) is 5.82. The summed E-state index contributed by atoms with van der Waals surface area (Å²) >= 11 is 6.66. The van der Waals surface area contributed by atoms with Crippen LogP contribution in [0.4, 0.5) is 0 Å². The average molecular weight is 150 g/mol. The second-order valence-electron chi connectivity index (χ2n) is 1.14. The van der Waals surface area contributed by atoms with Crippen molar-refractivity contribution in [2.75, 3.05) is 0 Å². The van der Waals surface area contributed by atoms with E-state index in [1.54, 1.807) is 5.51 Å². The highest BCUT2D eigenvalue weighted by atomic mass is 35.5. The molecular formula is C3H4ClN3S. The van der Waals surface area contributed by atoms with E-state index in [1.807, 2.05) is 0 Å². The first kappa shape index (κ1) is 5.94. The van der Waals surface area contributed by atoms with E-state index in [-0.39, 0.29) is 0 Å². The van der Waals surface area contributed by atoms with Crippen LogP contribution in [-0.4, -0.2) is 10.2 Å². The summed E-state index contributed by atoms with van der Waals surface area (Å²) in [7, 11) is 0. The smallest absolute Gasteiger partial charge is 0.132 e. The minimum atomic E-state index is 0.590. The summed E-state index contributed by atoms with van der Waals surface area (Å²) in [5.74, 6) is 0. The third-order valence-electron chi connectivity index (χ3n) is 0.623. The van der Waals surface area contributed by atoms with Gasteiger partial charge in [0, 0.05) is 0 Å². The molecular weight excluding hydrogens is 146 g/mol. The summed E-state index contributed by atoms with van der Waals surface area (Å²) < 4.78 is 0. The molecule has 0 fully saturated rings. The van der Waals surface area contributed by atoms with Crippen LogP contribution in [0, 0.1) is 0 Å². The van der Waals surface area contributed by atoms with Crippen molar-refractivity contribution < 1.29 is 0 Å². The van der Waals surface area contributed by atoms with Gasteiger partial charge in [-0.3, -0.25) is 0 Å². The summed E-state index contributed by atoms with van der Waals surface area (Å²) in [4.78, 5) is 2.45. The van der Waals surface area contributed by atoms with Crippen molar-refractivity contribution in [3.8, 4) is 0 Å². The van der Waals surface area contributed by atoms with Gasteiger partial charge in [-0.15, -0.1) is 21.5 Å². The Labute approximate surface area is 55.8 Å². The maximum absolute atomic E-state index is 5.18. The molecule has 0 aliphatic rings. The van der Waals surface area contributed by atoms with Gasteiger partial charge < -0.3 is 0 Å². The number of hydrogen-bond acceptors (Lipinski definition) is 4. The summed E-state index contributed by atoms with van der Waals surface area (Å²) in [5, 5.41) is 8.24. The van der Waals surface area contributed by atoms with Gasteiger partial charge in [-0.1, -0.05) is 0 Å². The molecule has 1 rings (SSSR count). The number of hydrogen-bond donors (Lipinski definition) is 1. The minimum absolute atomic E-state index is 0.590. The maximum Gasteiger partial charge on any atom is 0.132 e. The molecule has 8 heavy (non-hydrogen) atoms. The van der Waals surface area contributed by atoms with Crippen molar-refractivity contribution in [1.82, 2.24) is 15.0 Å². The van der Waals surface area contributed by atoms with E-state index in [2.05, 4.69) is 15.0 Å². The van der Waals surface area contributed by atoms with Gasteiger partial charge in [0.15, 0.2) is 0 Å². The van der Waals surface area contributed by atoms with Crippen LogP contribution < -0.4 is 4.84 Å². The van der Waals surface area contributed by atoms with E-state index in [0.29, 0.717) is 6.54 Å². The standard InChI is InChI=1S/C3H4ClN3S/c4-5-1-3-7-6-2-8-3/h2,5H,1H2. The zero-order valence-corrected chi connectivity index (χ0v) is 5.54. The molecule has 0 aromatic carbocycles. The molecule has 0 saturated carbocycles. The fourth-order valence-corrected chi connectivity index (χ4v) is 1.00. The topological polar surface area (TPSA) is 37.8 Å². The molecule has 44 valence electrons. The molecule has 5 heteroatoms. The lowest BCUT2D eigenvalue weighted by Gasteiger charge is -1.83. The Morgan fingerprint density at radius 1 is 1.88 bits per heavy atom. The molecule has 0 spiro atoms. The normalized spacial score (nSPS) is 9.62. The zero-order valence-electron chi connectivity index (χ0n) is 3.97. The SMILES string of the molecule is ClNCc1nncs1. The molecule has 0 radical (unpaired) electrons. The van der Waals surface area contributed by atoms with Crippen LogP contribution in [0.25, 0.3) is 0 Å². The minimum Gasteiger partial charge on any atom is -0.227 e. The number of halogens is 1. The van der Waals surface area contributed by atoms with E-state index in [0.717, 1.165) is 5.01 Å². The summed E-state index contributed by atoms with van der Waals surface area (Å²) in [6, 6.07) is 0. The monoisotopic (exact) mass is 149 g/mol. The van der Waals surface area contributed by atoms with E-state index >= 15 is 0 Å². The Hall–Kier alpha value is -0.190. The quantitative estimate of drug-likeness (QED) is 0.632. The molecule has 3 nitrogen and oxygen atoms in total. The predicted octanol–water partition coefficient (Wildman–Crippen LogP) is 0.781. The lowest BCUT2D eigenvalue weighted by atomic mass is 10.7. The Balaban J connectivity index is 2.50. The fourth-order valence-electron chi connectivity index (χ4n) is 0.330. The Morgan fingerprint density at radius 2 is 2.75 bits per heavy atom. The van der Waals surface area contributed by atoms with Crippen molar-refractivity contribution in [1.29, 1.82) is 0 Å². The molecule has 1 aromatic heterocycles. The van der Waals surface area contributed by atoms with Crippen molar-refractivity contribution in [2.24, 2.45) is 0 Å². The lowest BCUT2D eigenvalue weighted by molar-refractivity contribution is 0.902. The van der Waals surface area contributed by atoms with E-state index in [1.165, 1.54) is 11.3 Å². The van der Waals surface area contributed by atoms with Gasteiger partial charge in [0.05, 0.1) is 6.54 Å². The Kier molecular flexibility index (Phi) is 2.20. The largest absolute Gasteiger partial charge is 0.227 e. The van der Waals surface area contributed by atoms with Crippen LogP contribution >= 0.6 is 23.1 Å². The molecule has 0 aliphatic heterocycles. The first-order valence-electron chi connectivity index (χ1n) is 2.02. The van der Waals surface area contributed by atoms with Crippen molar-refractivity contribution in [3.05, 3.63) is 10.5 Å². The van der Waals surface area contributed by atoms with Crippen LogP contribution in [0.3, 0.4) is 0 Å². The van der Waals surface area contributed by atoms with Gasteiger partial charge in [0.25, 0.3) is 0 Å². The van der Waals surface area contributed by atoms with Crippen LogP contribution in [0.15, 0.2) is 5.51 Å². The van der Waals surface area contributed by atoms with Gasteiger partial charge in [0.1, 0.15) is 10.5 Å². The van der Waals surface area contributed by atoms with Gasteiger partial charge in [-0.05, 0) is 11.8 Å². The van der Waals surface area contributed by atoms with Crippen LogP contribution in [0.5, 0.6) is 0 Å². The van der Waals surface area contributed by atoms with Crippen molar-refractivity contribution >= 4 is 23.1 Å². The first-order valence-corrected chi connectivity index (χ1v) is 3.28. The summed E-state index contributed by atoms with van der Waals surface area (Å²) in [6.45, 7) is 0.590. The highest BCUT2D eigenvalue weighted by molar-refractivity contribution is 7.09. The van der Waals surface area contributed by atoms with Crippen molar-refractivity contribution in [3.63, 3.8) is 0 Å². The van der Waals surface area contributed by atoms with E-state index in [9.17, 15) is 0 Å². The molecule has 1 aromatic rings. The summed E-state index contributed by atoms with van der Waals surface area (Å²) in [5.41, 5.74) is 1.67. The number of aromatic nitrogens is 2. The molecule has 1 N–H and O–H groups in total. The van der Waals surface area contributed by atoms with Gasteiger partial charge in [-0.25, -0.2) is 4.84 Å². The second kappa shape index (κ2) is 2.96. The van der Waals surface area contributed by atoms with Crippen molar-refractivity contribution in [2.45, 2.75) is 6.54 Å². The molecule has 0 bridgehead atoms. The number of rotatable bonds is 2. The second-order valence-corrected chi connectivity index (χ2v) is 2.33. The average Bonchev–Trinajstić information content (AvgIpc) is 2.19. The predicted molar refractivity (Wildman–Crippen MR) is 32.6 cm³/mol. The molecule has 0 unspecified atom stereocenters. The number of nitrogens with zero attached hydrogens (tertiary/aromatic N) is 2. The highest BCUT2D eigenvalue weighted by Crippen LogP contribution is 1.99. The Bertz CT molecular complexity index is 140. The molecule has 0 atom stereocenters. The third-order valence-corrected chi connectivity index (χ3v) is 1.45. The third kappa shape index (κ3) is 1.40. The van der Waals surface area contributed by atoms with E-state index < -0.39 is 0 Å². The fraction of sp³-hybridized carbons (Fsp3) is 0.333. The lowest BCUT2D eigenvalue weighted by Crippen LogP contribution is -1.96. The van der Waals surface area contributed by atoms with Gasteiger partial charge in [-0.2, -0.15) is 0 Å². The molecule has 1 heterocycles. The summed E-state index contributed by atoms with van der Waals surface area (Å²) in [6.07, 6.45) is 0.